The summed E-state index contributed by atoms with van der Waals surface area (Å²) in [6.45, 7) is 6.20. The smallest absolute Gasteiger partial charge is 0.202 e. The van der Waals surface area contributed by atoms with Crippen LogP contribution in [-0.2, 0) is 16.6 Å². The topological polar surface area (TPSA) is 61.3 Å². The summed E-state index contributed by atoms with van der Waals surface area (Å²) in [5.74, 6) is 1.72. The lowest BCUT2D eigenvalue weighted by Gasteiger charge is -2.16. The Balaban J connectivity index is 2.25. The molecule has 4 heteroatoms. The lowest BCUT2D eigenvalue weighted by atomic mass is 9.90. The monoisotopic (exact) mass is 210 g/mol. The second kappa shape index (κ2) is 3.94. The van der Waals surface area contributed by atoms with Crippen LogP contribution >= 0.6 is 0 Å². The van der Waals surface area contributed by atoms with E-state index in [-0.39, 0.29) is 5.41 Å². The van der Waals surface area contributed by atoms with Crippen molar-refractivity contribution in [3.63, 3.8) is 0 Å². The first-order chi connectivity index (χ1) is 7.15. The molecule has 0 aromatic carbocycles. The van der Waals surface area contributed by atoms with Crippen LogP contribution in [0.3, 0.4) is 0 Å². The molecule has 0 radical (unpaired) electrons. The van der Waals surface area contributed by atoms with Gasteiger partial charge in [0.15, 0.2) is 0 Å². The highest BCUT2D eigenvalue weighted by molar-refractivity contribution is 5.14. The number of hydrogen-bond acceptors (Lipinski definition) is 4. The highest BCUT2D eigenvalue weighted by Gasteiger charge is 2.36. The fraction of sp³-hybridized carbons (Fsp3) is 0.727. The van der Waals surface area contributed by atoms with E-state index in [0.717, 1.165) is 36.8 Å². The Morgan fingerprint density at radius 1 is 1.53 bits per heavy atom. The molecule has 1 aromatic rings. The fourth-order valence-electron chi connectivity index (χ4n) is 1.88. The SMILES string of the molecule is Cc1nc(C2(C)CCOC2)oc1CCN. The molecule has 1 atom stereocenters. The third kappa shape index (κ3) is 1.92. The summed E-state index contributed by atoms with van der Waals surface area (Å²) in [5.41, 5.74) is 6.43. The van der Waals surface area contributed by atoms with Crippen LogP contribution in [0, 0.1) is 6.92 Å². The maximum absolute atomic E-state index is 5.77. The second-order valence-electron chi connectivity index (χ2n) is 4.43. The summed E-state index contributed by atoms with van der Waals surface area (Å²) in [6, 6.07) is 0. The summed E-state index contributed by atoms with van der Waals surface area (Å²) in [6.07, 6.45) is 1.74. The normalized spacial score (nSPS) is 26.1. The fourth-order valence-corrected chi connectivity index (χ4v) is 1.88. The van der Waals surface area contributed by atoms with Crippen LogP contribution in [0.4, 0.5) is 0 Å². The van der Waals surface area contributed by atoms with Gasteiger partial charge in [-0.05, 0) is 26.8 Å². The van der Waals surface area contributed by atoms with Crippen LogP contribution in [0.15, 0.2) is 4.42 Å². The molecule has 15 heavy (non-hydrogen) atoms. The summed E-state index contributed by atoms with van der Waals surface area (Å²) in [5, 5.41) is 0. The van der Waals surface area contributed by atoms with Gasteiger partial charge in [0.25, 0.3) is 0 Å². The average molecular weight is 210 g/mol. The van der Waals surface area contributed by atoms with Crippen molar-refractivity contribution in [2.75, 3.05) is 19.8 Å². The Bertz CT molecular complexity index is 340. The molecular weight excluding hydrogens is 192 g/mol. The van der Waals surface area contributed by atoms with Gasteiger partial charge < -0.3 is 14.9 Å². The van der Waals surface area contributed by atoms with E-state index in [1.165, 1.54) is 0 Å². The molecule has 0 amide bonds. The van der Waals surface area contributed by atoms with Gasteiger partial charge in [-0.25, -0.2) is 4.98 Å². The van der Waals surface area contributed by atoms with E-state index in [2.05, 4.69) is 11.9 Å². The average Bonchev–Trinajstić information content (AvgIpc) is 2.76. The van der Waals surface area contributed by atoms with Gasteiger partial charge in [-0.3, -0.25) is 0 Å². The highest BCUT2D eigenvalue weighted by atomic mass is 16.5. The first-order valence-electron chi connectivity index (χ1n) is 5.40. The van der Waals surface area contributed by atoms with Crippen LogP contribution in [0.2, 0.25) is 0 Å². The van der Waals surface area contributed by atoms with Crippen LogP contribution < -0.4 is 5.73 Å². The molecule has 0 bridgehead atoms. The Kier molecular flexibility index (Phi) is 2.80. The molecule has 2 rings (SSSR count). The number of ether oxygens (including phenoxy) is 1. The van der Waals surface area contributed by atoms with Gasteiger partial charge in [-0.1, -0.05) is 0 Å². The predicted molar refractivity (Wildman–Crippen MR) is 56.8 cm³/mol. The van der Waals surface area contributed by atoms with Crippen LogP contribution in [0.1, 0.15) is 30.7 Å². The van der Waals surface area contributed by atoms with Gasteiger partial charge in [0.2, 0.25) is 5.89 Å². The van der Waals surface area contributed by atoms with Crippen LogP contribution in [0.25, 0.3) is 0 Å². The van der Waals surface area contributed by atoms with Crippen LogP contribution in [-0.4, -0.2) is 24.7 Å². The van der Waals surface area contributed by atoms with Gasteiger partial charge in [0.05, 0.1) is 17.7 Å². The maximum Gasteiger partial charge on any atom is 0.202 e. The minimum atomic E-state index is -0.0440. The molecule has 0 aliphatic carbocycles. The molecule has 2 N–H and O–H groups in total. The van der Waals surface area contributed by atoms with Crippen LogP contribution in [0.5, 0.6) is 0 Å². The minimum Gasteiger partial charge on any atom is -0.445 e. The van der Waals surface area contributed by atoms with Crippen molar-refractivity contribution < 1.29 is 9.15 Å². The van der Waals surface area contributed by atoms with E-state index in [9.17, 15) is 0 Å². The molecule has 1 unspecified atom stereocenters. The lowest BCUT2D eigenvalue weighted by Crippen LogP contribution is -2.22. The van der Waals surface area contributed by atoms with Crippen molar-refractivity contribution in [2.45, 2.75) is 32.1 Å². The van der Waals surface area contributed by atoms with E-state index in [1.54, 1.807) is 0 Å². The minimum absolute atomic E-state index is 0.0440. The van der Waals surface area contributed by atoms with Crippen molar-refractivity contribution in [3.8, 4) is 0 Å². The van der Waals surface area contributed by atoms with Gasteiger partial charge >= 0.3 is 0 Å². The van der Waals surface area contributed by atoms with Crippen molar-refractivity contribution in [1.29, 1.82) is 0 Å². The first kappa shape index (κ1) is 10.6. The van der Waals surface area contributed by atoms with Gasteiger partial charge in [0.1, 0.15) is 5.76 Å². The predicted octanol–water partition coefficient (Wildman–Crippen LogP) is 1.16. The number of nitrogens with zero attached hydrogens (tertiary/aromatic N) is 1. The highest BCUT2D eigenvalue weighted by Crippen LogP contribution is 2.32. The van der Waals surface area contributed by atoms with Crippen molar-refractivity contribution in [3.05, 3.63) is 17.3 Å². The summed E-state index contributed by atoms with van der Waals surface area (Å²) < 4.78 is 11.2. The molecule has 84 valence electrons. The molecule has 1 aromatic heterocycles. The number of aryl methyl sites for hydroxylation is 1. The van der Waals surface area contributed by atoms with E-state index < -0.39 is 0 Å². The van der Waals surface area contributed by atoms with Crippen molar-refractivity contribution >= 4 is 0 Å². The molecule has 1 aliphatic rings. The second-order valence-corrected chi connectivity index (χ2v) is 4.43. The number of rotatable bonds is 3. The molecule has 0 spiro atoms. The van der Waals surface area contributed by atoms with E-state index in [0.29, 0.717) is 13.2 Å². The third-order valence-corrected chi connectivity index (χ3v) is 3.00. The third-order valence-electron chi connectivity index (χ3n) is 3.00. The van der Waals surface area contributed by atoms with Gasteiger partial charge in [-0.2, -0.15) is 0 Å². The molecule has 1 saturated heterocycles. The summed E-state index contributed by atoms with van der Waals surface area (Å²) >= 11 is 0. The number of nitrogens with two attached hydrogens (primary N) is 1. The van der Waals surface area contributed by atoms with Gasteiger partial charge in [-0.15, -0.1) is 0 Å². The molecule has 1 fully saturated rings. The van der Waals surface area contributed by atoms with E-state index in [4.69, 9.17) is 14.9 Å². The molecule has 2 heterocycles. The standard InChI is InChI=1S/C11H18N2O2/c1-8-9(3-5-12)15-10(13-8)11(2)4-6-14-7-11/h3-7,12H2,1-2H3. The van der Waals surface area contributed by atoms with E-state index >= 15 is 0 Å². The van der Waals surface area contributed by atoms with E-state index in [1.807, 2.05) is 6.92 Å². The maximum atomic E-state index is 5.77. The zero-order valence-corrected chi connectivity index (χ0v) is 9.38. The first-order valence-corrected chi connectivity index (χ1v) is 5.40. The Morgan fingerprint density at radius 3 is 2.93 bits per heavy atom. The molecule has 4 nitrogen and oxygen atoms in total. The number of oxazole rings is 1. The molecule has 1 aliphatic heterocycles. The van der Waals surface area contributed by atoms with Crippen molar-refractivity contribution in [2.24, 2.45) is 5.73 Å². The summed E-state index contributed by atoms with van der Waals surface area (Å²) in [7, 11) is 0. The van der Waals surface area contributed by atoms with Gasteiger partial charge in [0, 0.05) is 13.0 Å². The number of hydrogen-bond donors (Lipinski definition) is 1. The Hall–Kier alpha value is -0.870. The van der Waals surface area contributed by atoms with Crippen molar-refractivity contribution in [1.82, 2.24) is 4.98 Å². The Labute approximate surface area is 89.8 Å². The lowest BCUT2D eigenvalue weighted by molar-refractivity contribution is 0.172. The molecular formula is C11H18N2O2. The summed E-state index contributed by atoms with van der Waals surface area (Å²) in [4.78, 5) is 4.48. The quantitative estimate of drug-likeness (QED) is 0.813. The largest absolute Gasteiger partial charge is 0.445 e. The zero-order chi connectivity index (χ0) is 10.9. The number of aromatic nitrogens is 1. The molecule has 0 saturated carbocycles. The zero-order valence-electron chi connectivity index (χ0n) is 9.38. The Morgan fingerprint density at radius 2 is 2.33 bits per heavy atom.